The average Bonchev–Trinajstić information content (AvgIpc) is 2.85. The van der Waals surface area contributed by atoms with Crippen LogP contribution in [-0.2, 0) is 0 Å². The van der Waals surface area contributed by atoms with Gasteiger partial charge in [-0.2, -0.15) is 10.1 Å². The quantitative estimate of drug-likeness (QED) is 0.720. The third-order valence-corrected chi connectivity index (χ3v) is 3.70. The molecule has 0 aliphatic carbocycles. The van der Waals surface area contributed by atoms with Gasteiger partial charge in [0.15, 0.2) is 5.65 Å². The van der Waals surface area contributed by atoms with Crippen LogP contribution in [0.1, 0.15) is 11.3 Å². The van der Waals surface area contributed by atoms with Crippen LogP contribution in [0.15, 0.2) is 28.4 Å². The van der Waals surface area contributed by atoms with Crippen LogP contribution in [0.25, 0.3) is 11.0 Å². The molecule has 7 heteroatoms. The molecule has 0 bridgehead atoms. The van der Waals surface area contributed by atoms with Crippen LogP contribution < -0.4 is 5.32 Å². The Morgan fingerprint density at radius 3 is 2.75 bits per heavy atom. The molecule has 0 spiro atoms. The summed E-state index contributed by atoms with van der Waals surface area (Å²) in [5.41, 5.74) is 2.90. The zero-order valence-electron chi connectivity index (χ0n) is 11.4. The number of aryl methyl sites for hydroxylation is 2. The Balaban J connectivity index is 2.07. The number of hydrogen-bond acceptors (Lipinski definition) is 6. The van der Waals surface area contributed by atoms with Gasteiger partial charge in [0.1, 0.15) is 10.1 Å². The fourth-order valence-electron chi connectivity index (χ4n) is 1.95. The van der Waals surface area contributed by atoms with Gasteiger partial charge in [-0.05, 0) is 43.3 Å². The molecule has 0 radical (unpaired) electrons. The monoisotopic (exact) mass is 286 g/mol. The smallest absolute Gasteiger partial charge is 0.225 e. The molecule has 0 aliphatic rings. The fraction of sp³-hybridized carbons (Fsp3) is 0.231. The van der Waals surface area contributed by atoms with Gasteiger partial charge in [-0.15, -0.1) is 0 Å². The summed E-state index contributed by atoms with van der Waals surface area (Å²) in [7, 11) is 1.79. The van der Waals surface area contributed by atoms with E-state index in [1.165, 1.54) is 17.3 Å². The van der Waals surface area contributed by atoms with Crippen molar-refractivity contribution in [1.29, 1.82) is 0 Å². The lowest BCUT2D eigenvalue weighted by molar-refractivity contribution is 1.03. The predicted octanol–water partition coefficient (Wildman–Crippen LogP) is 2.56. The van der Waals surface area contributed by atoms with Crippen molar-refractivity contribution in [3.63, 3.8) is 0 Å². The molecule has 102 valence electrons. The molecule has 0 fully saturated rings. The Hall–Kier alpha value is -2.15. The third kappa shape index (κ3) is 2.44. The van der Waals surface area contributed by atoms with Gasteiger partial charge < -0.3 is 5.32 Å². The summed E-state index contributed by atoms with van der Waals surface area (Å²) >= 11 is 1.52. The molecule has 3 rings (SSSR count). The highest BCUT2D eigenvalue weighted by molar-refractivity contribution is 7.99. The number of pyridine rings is 1. The first kappa shape index (κ1) is 12.9. The van der Waals surface area contributed by atoms with Crippen LogP contribution in [0.2, 0.25) is 0 Å². The number of aromatic amines is 1. The molecule has 0 atom stereocenters. The molecular weight excluding hydrogens is 272 g/mol. The maximum atomic E-state index is 4.53. The van der Waals surface area contributed by atoms with Gasteiger partial charge in [0.05, 0.1) is 11.6 Å². The Morgan fingerprint density at radius 2 is 2.00 bits per heavy atom. The van der Waals surface area contributed by atoms with Gasteiger partial charge in [0.25, 0.3) is 0 Å². The predicted molar refractivity (Wildman–Crippen MR) is 79.1 cm³/mol. The number of aromatic nitrogens is 5. The Kier molecular flexibility index (Phi) is 3.27. The topological polar surface area (TPSA) is 79.4 Å². The maximum Gasteiger partial charge on any atom is 0.225 e. The van der Waals surface area contributed by atoms with Crippen LogP contribution in [0.5, 0.6) is 0 Å². The minimum absolute atomic E-state index is 0.564. The minimum atomic E-state index is 0.564. The van der Waals surface area contributed by atoms with Crippen molar-refractivity contribution in [3.8, 4) is 0 Å². The molecule has 0 unspecified atom stereocenters. The van der Waals surface area contributed by atoms with Gasteiger partial charge >= 0.3 is 0 Å². The van der Waals surface area contributed by atoms with E-state index in [1.54, 1.807) is 13.2 Å². The molecule has 6 nitrogen and oxygen atoms in total. The Morgan fingerprint density at radius 1 is 1.15 bits per heavy atom. The van der Waals surface area contributed by atoms with Crippen LogP contribution in [0.3, 0.4) is 0 Å². The molecule has 0 aromatic carbocycles. The summed E-state index contributed by atoms with van der Waals surface area (Å²) in [5.74, 6) is 0.564. The van der Waals surface area contributed by atoms with Crippen molar-refractivity contribution >= 4 is 28.7 Å². The van der Waals surface area contributed by atoms with E-state index in [0.717, 1.165) is 26.8 Å². The lowest BCUT2D eigenvalue weighted by atomic mass is 10.3. The first-order valence-electron chi connectivity index (χ1n) is 6.18. The van der Waals surface area contributed by atoms with Gasteiger partial charge in [-0.25, -0.2) is 9.97 Å². The van der Waals surface area contributed by atoms with Crippen molar-refractivity contribution < 1.29 is 0 Å². The van der Waals surface area contributed by atoms with E-state index in [4.69, 9.17) is 0 Å². The van der Waals surface area contributed by atoms with E-state index in [2.05, 4.69) is 43.5 Å². The highest BCUT2D eigenvalue weighted by Gasteiger charge is 2.11. The number of anilines is 1. The first-order valence-corrected chi connectivity index (χ1v) is 6.99. The zero-order valence-corrected chi connectivity index (χ0v) is 12.2. The summed E-state index contributed by atoms with van der Waals surface area (Å²) in [5, 5.41) is 12.5. The summed E-state index contributed by atoms with van der Waals surface area (Å²) in [4.78, 5) is 13.3. The number of hydrogen-bond donors (Lipinski definition) is 2. The molecule has 2 N–H and O–H groups in total. The third-order valence-electron chi connectivity index (χ3n) is 2.77. The summed E-state index contributed by atoms with van der Waals surface area (Å²) < 4.78 is 0. The average molecular weight is 286 g/mol. The Labute approximate surface area is 120 Å². The van der Waals surface area contributed by atoms with E-state index in [0.29, 0.717) is 5.95 Å². The lowest BCUT2D eigenvalue weighted by Crippen LogP contribution is -1.98. The normalized spacial score (nSPS) is 10.9. The van der Waals surface area contributed by atoms with Crippen molar-refractivity contribution in [3.05, 3.63) is 29.6 Å². The summed E-state index contributed by atoms with van der Waals surface area (Å²) in [6, 6.07) is 4.10. The van der Waals surface area contributed by atoms with Crippen molar-refractivity contribution in [1.82, 2.24) is 25.1 Å². The fourth-order valence-corrected chi connectivity index (χ4v) is 2.98. The van der Waals surface area contributed by atoms with E-state index in [9.17, 15) is 0 Å². The Bertz CT molecular complexity index is 746. The van der Waals surface area contributed by atoms with Crippen LogP contribution in [0.4, 0.5) is 5.95 Å². The lowest BCUT2D eigenvalue weighted by Gasteiger charge is -2.06. The highest BCUT2D eigenvalue weighted by atomic mass is 32.2. The second kappa shape index (κ2) is 5.09. The number of nitrogens with zero attached hydrogens (tertiary/aromatic N) is 4. The molecule has 3 aromatic heterocycles. The zero-order chi connectivity index (χ0) is 14.1. The number of rotatable bonds is 3. The van der Waals surface area contributed by atoms with E-state index >= 15 is 0 Å². The van der Waals surface area contributed by atoms with E-state index in [1.807, 2.05) is 13.0 Å². The summed E-state index contributed by atoms with van der Waals surface area (Å²) in [6.07, 6.45) is 1.74. The number of nitrogens with one attached hydrogen (secondary N) is 2. The SMILES string of the molecule is CNc1nc(Sc2cc(C)cc(C)n2)c2cn[nH]c2n1. The molecule has 0 saturated carbocycles. The van der Waals surface area contributed by atoms with Crippen LogP contribution in [0, 0.1) is 13.8 Å². The largest absolute Gasteiger partial charge is 0.357 e. The van der Waals surface area contributed by atoms with Gasteiger partial charge in [0, 0.05) is 12.7 Å². The van der Waals surface area contributed by atoms with Crippen molar-refractivity contribution in [2.24, 2.45) is 0 Å². The molecule has 0 amide bonds. The molecule has 0 aliphatic heterocycles. The van der Waals surface area contributed by atoms with Gasteiger partial charge in [0.2, 0.25) is 5.95 Å². The molecule has 20 heavy (non-hydrogen) atoms. The summed E-state index contributed by atoms with van der Waals surface area (Å²) in [6.45, 7) is 4.05. The van der Waals surface area contributed by atoms with E-state index < -0.39 is 0 Å². The molecular formula is C13H14N6S. The van der Waals surface area contributed by atoms with Crippen LogP contribution >= 0.6 is 11.8 Å². The van der Waals surface area contributed by atoms with Crippen LogP contribution in [-0.4, -0.2) is 32.2 Å². The standard InChI is InChI=1S/C13H14N6S/c1-7-4-8(2)16-10(5-7)20-12-9-6-15-19-11(9)17-13(14-3)18-12/h4-6H,1-3H3,(H2,14,15,17,18,19). The van der Waals surface area contributed by atoms with Crippen molar-refractivity contribution in [2.45, 2.75) is 23.9 Å². The van der Waals surface area contributed by atoms with Crippen molar-refractivity contribution in [2.75, 3.05) is 12.4 Å². The second-order valence-electron chi connectivity index (χ2n) is 4.46. The van der Waals surface area contributed by atoms with Gasteiger partial charge in [-0.1, -0.05) is 0 Å². The number of fused-ring (bicyclic) bond motifs is 1. The molecule has 0 saturated heterocycles. The van der Waals surface area contributed by atoms with Gasteiger partial charge in [-0.3, -0.25) is 5.10 Å². The maximum absolute atomic E-state index is 4.53. The van der Waals surface area contributed by atoms with E-state index in [-0.39, 0.29) is 0 Å². The molecule has 3 heterocycles. The first-order chi connectivity index (χ1) is 9.65. The minimum Gasteiger partial charge on any atom is -0.357 e. The number of H-pyrrole nitrogens is 1. The second-order valence-corrected chi connectivity index (χ2v) is 5.47. The highest BCUT2D eigenvalue weighted by Crippen LogP contribution is 2.31. The molecule has 3 aromatic rings.